The Morgan fingerprint density at radius 2 is 2.05 bits per heavy atom. The molecule has 0 unspecified atom stereocenters. The lowest BCUT2D eigenvalue weighted by Crippen LogP contribution is -2.29. The smallest absolute Gasteiger partial charge is 0.303 e. The molecule has 1 saturated heterocycles. The molecule has 0 atom stereocenters. The van der Waals surface area contributed by atoms with E-state index in [0.29, 0.717) is 57.2 Å². The van der Waals surface area contributed by atoms with Gasteiger partial charge in [0.1, 0.15) is 21.8 Å². The third-order valence-corrected chi connectivity index (χ3v) is 7.52. The fourth-order valence-electron chi connectivity index (χ4n) is 4.24. The minimum Gasteiger partial charge on any atom is -0.481 e. The molecular formula is C26H26N4O6S2. The summed E-state index contributed by atoms with van der Waals surface area (Å²) in [5.41, 5.74) is 1.49. The maximum Gasteiger partial charge on any atom is 0.303 e. The average molecular weight is 555 g/mol. The van der Waals surface area contributed by atoms with Crippen LogP contribution < -0.4 is 20.3 Å². The zero-order chi connectivity index (χ0) is 27.4. The second kappa shape index (κ2) is 11.7. The van der Waals surface area contributed by atoms with Crippen LogP contribution >= 0.6 is 24.0 Å². The Hall–Kier alpha value is -3.82. The number of aromatic nitrogens is 1. The lowest BCUT2D eigenvalue weighted by Gasteiger charge is -2.20. The van der Waals surface area contributed by atoms with Crippen molar-refractivity contribution in [1.82, 2.24) is 9.47 Å². The van der Waals surface area contributed by atoms with E-state index in [1.807, 2.05) is 31.2 Å². The second-order valence-corrected chi connectivity index (χ2v) is 10.4. The summed E-state index contributed by atoms with van der Waals surface area (Å²) in [6.07, 6.45) is 2.50. The first-order chi connectivity index (χ1) is 18.2. The van der Waals surface area contributed by atoms with Gasteiger partial charge in [-0.25, -0.2) is 0 Å². The van der Waals surface area contributed by atoms with Gasteiger partial charge < -0.3 is 19.9 Å². The maximum absolute atomic E-state index is 13.2. The summed E-state index contributed by atoms with van der Waals surface area (Å²) in [4.78, 5) is 39.0. The Labute approximate surface area is 228 Å². The fraction of sp³-hybridized carbons (Fsp3) is 0.346. The first-order valence-corrected chi connectivity index (χ1v) is 13.2. The molecule has 2 aromatic rings. The first-order valence-electron chi connectivity index (χ1n) is 12.0. The van der Waals surface area contributed by atoms with Crippen LogP contribution in [0.1, 0.15) is 48.4 Å². The predicted molar refractivity (Wildman–Crippen MR) is 147 cm³/mol. The van der Waals surface area contributed by atoms with Gasteiger partial charge in [-0.1, -0.05) is 37.0 Å². The molecule has 1 fully saturated rings. The van der Waals surface area contributed by atoms with Crippen LogP contribution in [0.5, 0.6) is 11.5 Å². The number of ether oxygens (including phenoxy) is 2. The first kappa shape index (κ1) is 27.2. The van der Waals surface area contributed by atoms with Gasteiger partial charge in [0.25, 0.3) is 11.5 Å². The molecule has 2 aliphatic heterocycles. The quantitative estimate of drug-likeness (QED) is 0.329. The number of pyridine rings is 1. The summed E-state index contributed by atoms with van der Waals surface area (Å²) in [5.74, 6) is 0.511. The van der Waals surface area contributed by atoms with Gasteiger partial charge in [-0.15, -0.1) is 0 Å². The van der Waals surface area contributed by atoms with Gasteiger partial charge in [-0.2, -0.15) is 5.26 Å². The molecule has 4 rings (SSSR count). The van der Waals surface area contributed by atoms with Crippen molar-refractivity contribution < 1.29 is 24.2 Å². The number of fused-ring (bicyclic) bond motifs is 1. The van der Waals surface area contributed by atoms with Crippen molar-refractivity contribution in [2.75, 3.05) is 18.7 Å². The van der Waals surface area contributed by atoms with Crippen LogP contribution in [0.15, 0.2) is 27.9 Å². The van der Waals surface area contributed by atoms with Crippen molar-refractivity contribution in [3.8, 4) is 17.6 Å². The van der Waals surface area contributed by atoms with Gasteiger partial charge in [-0.05, 0) is 49.1 Å². The minimum absolute atomic E-state index is 0.00951. The molecule has 0 aliphatic carbocycles. The number of thiocarbonyl (C=S) groups is 1. The van der Waals surface area contributed by atoms with E-state index in [-0.39, 0.29) is 37.6 Å². The Morgan fingerprint density at radius 1 is 1.29 bits per heavy atom. The zero-order valence-electron chi connectivity index (χ0n) is 20.9. The van der Waals surface area contributed by atoms with Crippen LogP contribution in [0, 0.1) is 18.3 Å². The highest BCUT2D eigenvalue weighted by Crippen LogP contribution is 2.36. The van der Waals surface area contributed by atoms with E-state index in [1.54, 1.807) is 13.0 Å². The lowest BCUT2D eigenvalue weighted by atomic mass is 10.0. The summed E-state index contributed by atoms with van der Waals surface area (Å²) in [5, 5.41) is 22.0. The van der Waals surface area contributed by atoms with E-state index < -0.39 is 11.5 Å². The Balaban J connectivity index is 1.73. The number of thioether (sulfide) groups is 1. The molecule has 1 amide bonds. The molecular weight excluding hydrogens is 528 g/mol. The van der Waals surface area contributed by atoms with Crippen molar-refractivity contribution in [2.24, 2.45) is 0 Å². The Bertz CT molecular complexity index is 1440. The average Bonchev–Trinajstić information content (AvgIpc) is 3.45. The number of benzene rings is 1. The van der Waals surface area contributed by atoms with E-state index in [2.05, 4.69) is 5.32 Å². The fourth-order valence-corrected chi connectivity index (χ4v) is 5.53. The van der Waals surface area contributed by atoms with Crippen molar-refractivity contribution in [1.29, 1.82) is 5.26 Å². The monoisotopic (exact) mass is 554 g/mol. The highest BCUT2D eigenvalue weighted by Gasteiger charge is 2.32. The normalized spacial score (nSPS) is 15.3. The number of nitriles is 1. The van der Waals surface area contributed by atoms with Crippen LogP contribution in [0.4, 0.5) is 5.82 Å². The minimum atomic E-state index is -0.943. The molecule has 0 radical (unpaired) electrons. The number of anilines is 1. The molecule has 0 saturated carbocycles. The maximum atomic E-state index is 13.2. The van der Waals surface area contributed by atoms with Crippen molar-refractivity contribution >= 4 is 52.1 Å². The summed E-state index contributed by atoms with van der Waals surface area (Å²) in [6.45, 7) is 4.69. The SMILES string of the molecule is CCCn1c(NCc2ccc3c(c2)OCO3)c(/C=C2/SC(=S)N(CCCC(=O)O)C2=O)c(C)c(C#N)c1=O. The third kappa shape index (κ3) is 5.54. The van der Waals surface area contributed by atoms with E-state index in [1.165, 1.54) is 9.47 Å². The standard InChI is InChI=1S/C26H26N4O6S2/c1-3-8-29-23(28-13-16-6-7-19-20(10-16)36-14-35-19)17(15(2)18(12-27)24(29)33)11-21-25(34)30(26(37)38-21)9-4-5-22(31)32/h6-7,10-11,28H,3-5,8-9,13-14H2,1-2H3,(H,31,32)/b21-11+. The molecule has 10 nitrogen and oxygen atoms in total. The van der Waals surface area contributed by atoms with Crippen molar-refractivity contribution in [3.05, 3.63) is 55.7 Å². The van der Waals surface area contributed by atoms with E-state index >= 15 is 0 Å². The summed E-state index contributed by atoms with van der Waals surface area (Å²) in [7, 11) is 0. The molecule has 1 aromatic carbocycles. The lowest BCUT2D eigenvalue weighted by molar-refractivity contribution is -0.137. The van der Waals surface area contributed by atoms with Gasteiger partial charge >= 0.3 is 5.97 Å². The van der Waals surface area contributed by atoms with Gasteiger partial charge in [0.15, 0.2) is 11.5 Å². The molecule has 2 aliphatic rings. The van der Waals surface area contributed by atoms with Crippen LogP contribution in [0.3, 0.4) is 0 Å². The number of hydrogen-bond acceptors (Lipinski definition) is 9. The molecule has 0 spiro atoms. The van der Waals surface area contributed by atoms with Crippen LogP contribution in [-0.2, 0) is 22.7 Å². The Kier molecular flexibility index (Phi) is 8.38. The number of amides is 1. The summed E-state index contributed by atoms with van der Waals surface area (Å²) >= 11 is 6.49. The van der Waals surface area contributed by atoms with E-state index in [0.717, 1.165) is 17.3 Å². The molecule has 2 N–H and O–H groups in total. The molecule has 3 heterocycles. The molecule has 38 heavy (non-hydrogen) atoms. The number of carboxylic acids is 1. The summed E-state index contributed by atoms with van der Waals surface area (Å²) in [6, 6.07) is 7.59. The number of rotatable bonds is 10. The second-order valence-electron chi connectivity index (χ2n) is 8.70. The molecule has 1 aromatic heterocycles. The number of carbonyl (C=O) groups excluding carboxylic acids is 1. The predicted octanol–water partition coefficient (Wildman–Crippen LogP) is 3.85. The van der Waals surface area contributed by atoms with Crippen molar-refractivity contribution in [3.63, 3.8) is 0 Å². The topological polar surface area (TPSA) is 134 Å². The molecule has 198 valence electrons. The van der Waals surface area contributed by atoms with Crippen LogP contribution in [-0.4, -0.2) is 44.1 Å². The zero-order valence-corrected chi connectivity index (χ0v) is 22.5. The number of nitrogens with zero attached hydrogens (tertiary/aromatic N) is 3. The number of hydrogen-bond donors (Lipinski definition) is 2. The van der Waals surface area contributed by atoms with E-state index in [9.17, 15) is 19.6 Å². The summed E-state index contributed by atoms with van der Waals surface area (Å²) < 4.78 is 12.7. The van der Waals surface area contributed by atoms with Gasteiger partial charge in [0.05, 0.1) is 4.91 Å². The highest BCUT2D eigenvalue weighted by molar-refractivity contribution is 8.26. The third-order valence-electron chi connectivity index (χ3n) is 6.14. The number of aliphatic carboxylic acids is 1. The largest absolute Gasteiger partial charge is 0.481 e. The molecule has 0 bridgehead atoms. The van der Waals surface area contributed by atoms with Crippen LogP contribution in [0.2, 0.25) is 0 Å². The van der Waals surface area contributed by atoms with Gasteiger partial charge in [0.2, 0.25) is 6.79 Å². The van der Waals surface area contributed by atoms with Crippen LogP contribution in [0.25, 0.3) is 6.08 Å². The highest BCUT2D eigenvalue weighted by atomic mass is 32.2. The van der Waals surface area contributed by atoms with Crippen molar-refractivity contribution in [2.45, 2.75) is 46.2 Å². The van der Waals surface area contributed by atoms with Gasteiger partial charge in [-0.3, -0.25) is 23.9 Å². The number of carboxylic acid groups (broad SMARTS) is 1. The Morgan fingerprint density at radius 3 is 2.76 bits per heavy atom. The number of carbonyl (C=O) groups is 2. The van der Waals surface area contributed by atoms with Gasteiger partial charge in [0, 0.05) is 31.6 Å². The van der Waals surface area contributed by atoms with E-state index in [4.69, 9.17) is 26.8 Å². The molecule has 12 heteroatoms. The number of nitrogens with one attached hydrogen (secondary N) is 1.